The maximum absolute atomic E-state index is 14.2. The van der Waals surface area contributed by atoms with Crippen LogP contribution in [0, 0.1) is 11.3 Å². The number of benzene rings is 3. The normalized spacial score (nSPS) is 14.9. The van der Waals surface area contributed by atoms with E-state index in [1.807, 2.05) is 92.9 Å². The number of rotatable bonds is 7. The third-order valence-electron chi connectivity index (χ3n) is 7.56. The van der Waals surface area contributed by atoms with Gasteiger partial charge >= 0.3 is 5.97 Å². The number of aromatic nitrogens is 2. The molecule has 0 saturated heterocycles. The van der Waals surface area contributed by atoms with Gasteiger partial charge in [0, 0.05) is 34.1 Å². The first-order chi connectivity index (χ1) is 21.3. The molecule has 0 aliphatic carbocycles. The summed E-state index contributed by atoms with van der Waals surface area (Å²) in [7, 11) is 0. The Balaban J connectivity index is 1.49. The molecule has 0 amide bonds. The smallest absolute Gasteiger partial charge is 0.338 e. The van der Waals surface area contributed by atoms with Crippen LogP contribution in [-0.4, -0.2) is 27.5 Å². The molecule has 9 heteroatoms. The van der Waals surface area contributed by atoms with E-state index in [9.17, 15) is 9.59 Å². The van der Waals surface area contributed by atoms with Gasteiger partial charge in [0.05, 0.1) is 39.6 Å². The number of carbonyl (C=O) groups is 1. The summed E-state index contributed by atoms with van der Waals surface area (Å²) < 4.78 is 9.94. The van der Waals surface area contributed by atoms with Crippen molar-refractivity contribution >= 4 is 46.0 Å². The van der Waals surface area contributed by atoms with E-state index < -0.39 is 12.0 Å². The standard InChI is InChI=1S/C35H30N4O3S2/c1-21(2)42-34(41)31-22(3)37-35-39(32(31)25-13-15-27(43-4)16-14-25)33(40)30(44-35)17-26-20-38(29-8-6-5-7-28(26)29)19-24-11-9-23(18-36)10-12-24/h5-17,20-21,32H,19H2,1-4H3/b30-17-/t32-/m1/s1. The van der Waals surface area contributed by atoms with Crippen LogP contribution in [0.2, 0.25) is 0 Å². The van der Waals surface area contributed by atoms with Gasteiger partial charge in [-0.15, -0.1) is 11.8 Å². The number of thiazole rings is 1. The number of hydrogen-bond donors (Lipinski definition) is 0. The number of thioether (sulfide) groups is 1. The van der Waals surface area contributed by atoms with Crippen molar-refractivity contribution in [2.45, 2.75) is 44.4 Å². The van der Waals surface area contributed by atoms with Crippen LogP contribution in [0.15, 0.2) is 105 Å². The van der Waals surface area contributed by atoms with Gasteiger partial charge < -0.3 is 9.30 Å². The Bertz CT molecular complexity index is 2140. The zero-order chi connectivity index (χ0) is 31.0. The summed E-state index contributed by atoms with van der Waals surface area (Å²) in [6.45, 7) is 6.04. The van der Waals surface area contributed by atoms with E-state index in [1.165, 1.54) is 11.3 Å². The summed E-state index contributed by atoms with van der Waals surface area (Å²) in [4.78, 5) is 33.9. The van der Waals surface area contributed by atoms with Gasteiger partial charge in [-0.2, -0.15) is 5.26 Å². The molecule has 6 rings (SSSR count). The second-order valence-corrected chi connectivity index (χ2v) is 12.7. The van der Waals surface area contributed by atoms with Crippen molar-refractivity contribution in [3.8, 4) is 6.07 Å². The number of ether oxygens (including phenoxy) is 1. The lowest BCUT2D eigenvalue weighted by atomic mass is 9.96. The first kappa shape index (κ1) is 29.4. The maximum atomic E-state index is 14.2. The Morgan fingerprint density at radius 3 is 2.52 bits per heavy atom. The van der Waals surface area contributed by atoms with Crippen molar-refractivity contribution < 1.29 is 9.53 Å². The lowest BCUT2D eigenvalue weighted by Crippen LogP contribution is -2.40. The second kappa shape index (κ2) is 12.2. The summed E-state index contributed by atoms with van der Waals surface area (Å²) in [5.41, 5.74) is 5.16. The highest BCUT2D eigenvalue weighted by Crippen LogP contribution is 2.32. The first-order valence-electron chi connectivity index (χ1n) is 14.2. The van der Waals surface area contributed by atoms with Crippen molar-refractivity contribution in [1.29, 1.82) is 5.26 Å². The first-order valence-corrected chi connectivity index (χ1v) is 16.3. The molecule has 1 aliphatic rings. The molecular weight excluding hydrogens is 589 g/mol. The second-order valence-electron chi connectivity index (χ2n) is 10.8. The number of para-hydroxylation sites is 1. The Kier molecular flexibility index (Phi) is 8.13. The molecule has 0 unspecified atom stereocenters. The van der Waals surface area contributed by atoms with Gasteiger partial charge in [-0.25, -0.2) is 9.79 Å². The molecule has 2 aromatic heterocycles. The number of carbonyl (C=O) groups excluding carboxylic acids is 1. The molecular formula is C35H30N4O3S2. The van der Waals surface area contributed by atoms with E-state index in [2.05, 4.69) is 22.9 Å². The van der Waals surface area contributed by atoms with E-state index in [1.54, 1.807) is 23.3 Å². The minimum Gasteiger partial charge on any atom is -0.459 e. The SMILES string of the molecule is CSc1ccc([C@@H]2C(C(=O)OC(C)C)=C(C)N=c3s/c(=C\c4cn(Cc5ccc(C#N)cc5)c5ccccc45)c(=O)n32)cc1. The van der Waals surface area contributed by atoms with Crippen LogP contribution in [0.5, 0.6) is 0 Å². The Morgan fingerprint density at radius 1 is 1.11 bits per heavy atom. The van der Waals surface area contributed by atoms with Crippen LogP contribution < -0.4 is 14.9 Å². The van der Waals surface area contributed by atoms with Gasteiger partial charge in [0.1, 0.15) is 0 Å². The molecule has 3 heterocycles. The molecule has 7 nitrogen and oxygen atoms in total. The molecule has 220 valence electrons. The highest BCUT2D eigenvalue weighted by molar-refractivity contribution is 7.98. The van der Waals surface area contributed by atoms with Gasteiger partial charge in [0.15, 0.2) is 4.80 Å². The van der Waals surface area contributed by atoms with Crippen LogP contribution in [-0.2, 0) is 16.1 Å². The predicted octanol–water partition coefficient (Wildman–Crippen LogP) is 5.78. The van der Waals surface area contributed by atoms with Crippen LogP contribution in [0.4, 0.5) is 0 Å². The van der Waals surface area contributed by atoms with Crippen molar-refractivity contribution in [2.75, 3.05) is 6.26 Å². The molecule has 3 aromatic carbocycles. The van der Waals surface area contributed by atoms with Gasteiger partial charge in [-0.1, -0.05) is 53.8 Å². The molecule has 0 saturated carbocycles. The zero-order valence-corrected chi connectivity index (χ0v) is 26.4. The van der Waals surface area contributed by atoms with Crippen LogP contribution in [0.1, 0.15) is 49.1 Å². The fourth-order valence-corrected chi connectivity index (χ4v) is 6.95. The van der Waals surface area contributed by atoms with Crippen molar-refractivity contribution in [3.05, 3.63) is 132 Å². The molecule has 0 N–H and O–H groups in total. The number of fused-ring (bicyclic) bond motifs is 2. The van der Waals surface area contributed by atoms with Crippen molar-refractivity contribution in [2.24, 2.45) is 4.99 Å². The highest BCUT2D eigenvalue weighted by atomic mass is 32.2. The fraction of sp³-hybridized carbons (Fsp3) is 0.200. The molecule has 1 atom stereocenters. The molecule has 44 heavy (non-hydrogen) atoms. The number of nitrogens with zero attached hydrogens (tertiary/aromatic N) is 4. The average molecular weight is 619 g/mol. The van der Waals surface area contributed by atoms with E-state index in [4.69, 9.17) is 15.0 Å². The van der Waals surface area contributed by atoms with E-state index in [-0.39, 0.29) is 11.7 Å². The Morgan fingerprint density at radius 2 is 1.84 bits per heavy atom. The Hall–Kier alpha value is -4.65. The third-order valence-corrected chi connectivity index (χ3v) is 9.28. The van der Waals surface area contributed by atoms with Gasteiger partial charge in [-0.3, -0.25) is 9.36 Å². The fourth-order valence-electron chi connectivity index (χ4n) is 5.51. The largest absolute Gasteiger partial charge is 0.459 e. The molecule has 0 bridgehead atoms. The number of esters is 1. The number of nitriles is 1. The monoisotopic (exact) mass is 618 g/mol. The van der Waals surface area contributed by atoms with Crippen molar-refractivity contribution in [3.63, 3.8) is 0 Å². The van der Waals surface area contributed by atoms with Gasteiger partial charge in [0.2, 0.25) is 0 Å². The molecule has 0 fully saturated rings. The molecule has 1 aliphatic heterocycles. The quantitative estimate of drug-likeness (QED) is 0.170. The topological polar surface area (TPSA) is 89.4 Å². The molecule has 0 spiro atoms. The average Bonchev–Trinajstić information content (AvgIpc) is 3.52. The summed E-state index contributed by atoms with van der Waals surface area (Å²) in [6.07, 6.45) is 5.67. The van der Waals surface area contributed by atoms with Crippen LogP contribution >= 0.6 is 23.1 Å². The van der Waals surface area contributed by atoms with Crippen LogP contribution in [0.25, 0.3) is 17.0 Å². The minimum atomic E-state index is -0.659. The van der Waals surface area contributed by atoms with Gasteiger partial charge in [0.25, 0.3) is 5.56 Å². The lowest BCUT2D eigenvalue weighted by Gasteiger charge is -2.25. The molecule has 5 aromatic rings. The van der Waals surface area contributed by atoms with Crippen molar-refractivity contribution in [1.82, 2.24) is 9.13 Å². The molecule has 0 radical (unpaired) electrons. The maximum Gasteiger partial charge on any atom is 0.338 e. The van der Waals surface area contributed by atoms with Crippen LogP contribution in [0.3, 0.4) is 0 Å². The Labute approximate surface area is 263 Å². The van der Waals surface area contributed by atoms with E-state index >= 15 is 0 Å². The third kappa shape index (κ3) is 5.54. The van der Waals surface area contributed by atoms with E-state index in [0.29, 0.717) is 32.7 Å². The summed E-state index contributed by atoms with van der Waals surface area (Å²) in [6, 6.07) is 25.1. The van der Waals surface area contributed by atoms with E-state index in [0.717, 1.165) is 32.5 Å². The summed E-state index contributed by atoms with van der Waals surface area (Å²) in [5.74, 6) is -0.472. The number of hydrogen-bond acceptors (Lipinski definition) is 7. The minimum absolute atomic E-state index is 0.209. The highest BCUT2D eigenvalue weighted by Gasteiger charge is 2.33. The predicted molar refractivity (Wildman–Crippen MR) is 175 cm³/mol. The number of allylic oxidation sites excluding steroid dienone is 1. The summed E-state index contributed by atoms with van der Waals surface area (Å²) >= 11 is 2.95. The van der Waals surface area contributed by atoms with Gasteiger partial charge in [-0.05, 0) is 74.6 Å². The lowest BCUT2D eigenvalue weighted by molar-refractivity contribution is -0.143. The summed E-state index contributed by atoms with van der Waals surface area (Å²) in [5, 5.41) is 10.2. The zero-order valence-electron chi connectivity index (χ0n) is 24.8.